The van der Waals surface area contributed by atoms with E-state index in [1.807, 2.05) is 0 Å². The summed E-state index contributed by atoms with van der Waals surface area (Å²) in [6.45, 7) is 21.7. The summed E-state index contributed by atoms with van der Waals surface area (Å²) in [5.74, 6) is 1.08. The van der Waals surface area contributed by atoms with Gasteiger partial charge in [0.05, 0.1) is 5.70 Å². The third kappa shape index (κ3) is 4.82. The first kappa shape index (κ1) is 17.0. The summed E-state index contributed by atoms with van der Waals surface area (Å²) in [7, 11) is -0.507. The standard InChI is InChI=1S/C16H31N3Si/c1-9-10-13-14(17-8)19(12-16(5,6)7)20-18(13)11-15(2,3)4/h9-10H,8,11-12,20H2,1-7H3/b10-9-. The van der Waals surface area contributed by atoms with Crippen molar-refractivity contribution in [1.82, 2.24) is 9.13 Å². The molecule has 0 unspecified atom stereocenters. The number of rotatable bonds is 4. The molecular formula is C16H31N3Si. The van der Waals surface area contributed by atoms with Gasteiger partial charge in [-0.2, -0.15) is 0 Å². The predicted molar refractivity (Wildman–Crippen MR) is 92.3 cm³/mol. The van der Waals surface area contributed by atoms with Crippen molar-refractivity contribution in [1.29, 1.82) is 0 Å². The Hall–Kier alpha value is -1.03. The highest BCUT2D eigenvalue weighted by Gasteiger charge is 2.31. The molecule has 0 aliphatic carbocycles. The average Bonchev–Trinajstić information content (AvgIpc) is 2.51. The molecule has 0 aromatic carbocycles. The largest absolute Gasteiger partial charge is 0.382 e. The maximum atomic E-state index is 4.33. The molecule has 0 amide bonds. The summed E-state index contributed by atoms with van der Waals surface area (Å²) in [4.78, 5) is 4.33. The fraction of sp³-hybridized carbons (Fsp3) is 0.688. The molecule has 1 aliphatic rings. The molecule has 1 heterocycles. The summed E-state index contributed by atoms with van der Waals surface area (Å²) in [6, 6.07) is 0. The molecule has 4 heteroatoms. The summed E-state index contributed by atoms with van der Waals surface area (Å²) >= 11 is 0. The normalized spacial score (nSPS) is 18.8. The van der Waals surface area contributed by atoms with Crippen LogP contribution in [0.25, 0.3) is 0 Å². The van der Waals surface area contributed by atoms with E-state index in [0.29, 0.717) is 5.41 Å². The Bertz CT molecular complexity index is 410. The minimum Gasteiger partial charge on any atom is -0.382 e. The van der Waals surface area contributed by atoms with Gasteiger partial charge in [-0.05, 0) is 30.5 Å². The second-order valence-electron chi connectivity index (χ2n) is 8.03. The smallest absolute Gasteiger partial charge is 0.232 e. The number of hydrogen-bond acceptors (Lipinski definition) is 3. The van der Waals surface area contributed by atoms with Crippen molar-refractivity contribution < 1.29 is 0 Å². The van der Waals surface area contributed by atoms with Crippen LogP contribution in [0.1, 0.15) is 48.5 Å². The fourth-order valence-corrected chi connectivity index (χ4v) is 5.33. The van der Waals surface area contributed by atoms with Crippen molar-refractivity contribution in [3.63, 3.8) is 0 Å². The third-order valence-electron chi connectivity index (χ3n) is 3.02. The van der Waals surface area contributed by atoms with Crippen LogP contribution in [0, 0.1) is 10.8 Å². The van der Waals surface area contributed by atoms with E-state index >= 15 is 0 Å². The molecule has 1 aliphatic heterocycles. The number of nitrogens with zero attached hydrogens (tertiary/aromatic N) is 3. The molecule has 0 saturated heterocycles. The van der Waals surface area contributed by atoms with E-state index in [9.17, 15) is 0 Å². The van der Waals surface area contributed by atoms with Crippen LogP contribution < -0.4 is 0 Å². The molecule has 0 spiro atoms. The third-order valence-corrected chi connectivity index (χ3v) is 4.79. The lowest BCUT2D eigenvalue weighted by Gasteiger charge is -2.31. The Morgan fingerprint density at radius 1 is 1.05 bits per heavy atom. The van der Waals surface area contributed by atoms with Gasteiger partial charge in [-0.15, -0.1) is 0 Å². The molecule has 0 fully saturated rings. The highest BCUT2D eigenvalue weighted by Crippen LogP contribution is 2.30. The lowest BCUT2D eigenvalue weighted by atomic mass is 9.96. The van der Waals surface area contributed by atoms with Gasteiger partial charge in [0.1, 0.15) is 5.82 Å². The zero-order chi connectivity index (χ0) is 15.6. The fourth-order valence-electron chi connectivity index (χ4n) is 2.58. The van der Waals surface area contributed by atoms with Crippen LogP contribution in [0.15, 0.2) is 28.7 Å². The van der Waals surface area contributed by atoms with Gasteiger partial charge in [-0.25, -0.2) is 4.99 Å². The quantitative estimate of drug-likeness (QED) is 0.586. The van der Waals surface area contributed by atoms with Crippen molar-refractivity contribution in [2.24, 2.45) is 15.8 Å². The molecule has 3 nitrogen and oxygen atoms in total. The van der Waals surface area contributed by atoms with Crippen LogP contribution in [0.5, 0.6) is 0 Å². The van der Waals surface area contributed by atoms with Gasteiger partial charge in [0.2, 0.25) is 9.84 Å². The molecular weight excluding hydrogens is 262 g/mol. The van der Waals surface area contributed by atoms with E-state index in [2.05, 4.69) is 81.5 Å². The Kier molecular flexibility index (Phi) is 5.25. The lowest BCUT2D eigenvalue weighted by molar-refractivity contribution is 0.307. The van der Waals surface area contributed by atoms with Gasteiger partial charge in [0.15, 0.2) is 0 Å². The Labute approximate surface area is 127 Å². The molecule has 1 rings (SSSR count). The molecule has 0 radical (unpaired) electrons. The molecule has 0 bridgehead atoms. The van der Waals surface area contributed by atoms with Crippen molar-refractivity contribution in [2.75, 3.05) is 13.1 Å². The van der Waals surface area contributed by atoms with Crippen molar-refractivity contribution in [3.8, 4) is 0 Å². The van der Waals surface area contributed by atoms with E-state index < -0.39 is 9.84 Å². The van der Waals surface area contributed by atoms with Crippen molar-refractivity contribution in [2.45, 2.75) is 48.5 Å². The second-order valence-corrected chi connectivity index (χ2v) is 9.84. The topological polar surface area (TPSA) is 18.8 Å². The summed E-state index contributed by atoms with van der Waals surface area (Å²) in [5.41, 5.74) is 1.83. The first-order valence-corrected chi connectivity index (χ1v) is 8.67. The minimum absolute atomic E-state index is 0.279. The van der Waals surface area contributed by atoms with E-state index in [-0.39, 0.29) is 5.41 Å². The Morgan fingerprint density at radius 3 is 1.95 bits per heavy atom. The summed E-state index contributed by atoms with van der Waals surface area (Å²) in [5, 5.41) is 0. The Morgan fingerprint density at radius 2 is 1.55 bits per heavy atom. The SMILES string of the molecule is C=NC1=C(/C=C\C)N(CC(C)(C)C)[SiH2]N1CC(C)(C)C. The van der Waals surface area contributed by atoms with Gasteiger partial charge in [0, 0.05) is 13.1 Å². The van der Waals surface area contributed by atoms with Crippen LogP contribution in [0.2, 0.25) is 0 Å². The lowest BCUT2D eigenvalue weighted by Crippen LogP contribution is -2.39. The molecule has 0 N–H and O–H groups in total. The maximum Gasteiger partial charge on any atom is 0.232 e. The van der Waals surface area contributed by atoms with Gasteiger partial charge in [0.25, 0.3) is 0 Å². The number of hydrogen-bond donors (Lipinski definition) is 0. The van der Waals surface area contributed by atoms with Gasteiger partial charge >= 0.3 is 0 Å². The summed E-state index contributed by atoms with van der Waals surface area (Å²) in [6.07, 6.45) is 4.29. The second kappa shape index (κ2) is 6.16. The van der Waals surface area contributed by atoms with E-state index in [1.54, 1.807) is 0 Å². The van der Waals surface area contributed by atoms with E-state index in [4.69, 9.17) is 0 Å². The highest BCUT2D eigenvalue weighted by atomic mass is 28.2. The van der Waals surface area contributed by atoms with Crippen molar-refractivity contribution >= 4 is 16.6 Å². The molecule has 20 heavy (non-hydrogen) atoms. The van der Waals surface area contributed by atoms with E-state index in [1.165, 1.54) is 5.70 Å². The molecule has 0 aromatic heterocycles. The number of aliphatic imine (C=N–C) groups is 1. The van der Waals surface area contributed by atoms with Crippen LogP contribution in [-0.4, -0.2) is 38.8 Å². The predicted octanol–water partition coefficient (Wildman–Crippen LogP) is 3.14. The molecule has 0 saturated carbocycles. The Balaban J connectivity index is 3.06. The van der Waals surface area contributed by atoms with Gasteiger partial charge in [-0.3, -0.25) is 0 Å². The monoisotopic (exact) mass is 293 g/mol. The average molecular weight is 294 g/mol. The first-order valence-electron chi connectivity index (χ1n) is 7.41. The van der Waals surface area contributed by atoms with Crippen LogP contribution in [0.4, 0.5) is 0 Å². The zero-order valence-corrected chi connectivity index (χ0v) is 15.7. The first-order chi connectivity index (χ1) is 9.07. The van der Waals surface area contributed by atoms with Crippen LogP contribution >= 0.6 is 0 Å². The van der Waals surface area contributed by atoms with Crippen LogP contribution in [0.3, 0.4) is 0 Å². The highest BCUT2D eigenvalue weighted by molar-refractivity contribution is 6.31. The number of allylic oxidation sites excluding steroid dienone is 2. The molecule has 0 atom stereocenters. The minimum atomic E-state index is -0.507. The van der Waals surface area contributed by atoms with Crippen LogP contribution in [-0.2, 0) is 0 Å². The zero-order valence-electron chi connectivity index (χ0n) is 14.3. The van der Waals surface area contributed by atoms with Gasteiger partial charge in [-0.1, -0.05) is 47.6 Å². The molecule has 0 aromatic rings. The maximum absolute atomic E-state index is 4.33. The molecule has 114 valence electrons. The van der Waals surface area contributed by atoms with Gasteiger partial charge < -0.3 is 9.13 Å². The summed E-state index contributed by atoms with van der Waals surface area (Å²) < 4.78 is 5.03. The van der Waals surface area contributed by atoms with Crippen molar-refractivity contribution in [3.05, 3.63) is 23.7 Å². The van der Waals surface area contributed by atoms with E-state index in [0.717, 1.165) is 18.9 Å².